The summed E-state index contributed by atoms with van der Waals surface area (Å²) in [4.78, 5) is 15.4. The SMILES string of the molecule is CC1CCN(C[C@@H]2CCCN(CC(=O)O)C2)CC1. The molecule has 0 unspecified atom stereocenters. The highest BCUT2D eigenvalue weighted by molar-refractivity contribution is 5.69. The van der Waals surface area contributed by atoms with Crippen molar-refractivity contribution in [3.05, 3.63) is 0 Å². The molecule has 4 heteroatoms. The van der Waals surface area contributed by atoms with Gasteiger partial charge in [0.1, 0.15) is 0 Å². The van der Waals surface area contributed by atoms with Gasteiger partial charge in [-0.05, 0) is 57.2 Å². The number of likely N-dealkylation sites (tertiary alicyclic amines) is 2. The van der Waals surface area contributed by atoms with Gasteiger partial charge in [0.25, 0.3) is 0 Å². The first-order chi connectivity index (χ1) is 8.63. The van der Waals surface area contributed by atoms with E-state index in [2.05, 4.69) is 16.7 Å². The van der Waals surface area contributed by atoms with Crippen LogP contribution in [0.2, 0.25) is 0 Å². The predicted octanol–water partition coefficient (Wildman–Crippen LogP) is 1.51. The Morgan fingerprint density at radius 2 is 1.89 bits per heavy atom. The first kappa shape index (κ1) is 13.8. The number of rotatable bonds is 4. The molecule has 2 heterocycles. The van der Waals surface area contributed by atoms with Gasteiger partial charge < -0.3 is 10.0 Å². The number of carbonyl (C=O) groups is 1. The van der Waals surface area contributed by atoms with Gasteiger partial charge in [0.15, 0.2) is 0 Å². The zero-order valence-corrected chi connectivity index (χ0v) is 11.5. The van der Waals surface area contributed by atoms with E-state index in [1.54, 1.807) is 0 Å². The molecule has 2 aliphatic heterocycles. The minimum absolute atomic E-state index is 0.216. The molecule has 0 aromatic heterocycles. The molecule has 4 nitrogen and oxygen atoms in total. The van der Waals surface area contributed by atoms with Crippen LogP contribution in [0.5, 0.6) is 0 Å². The molecule has 0 spiro atoms. The normalized spacial score (nSPS) is 28.4. The van der Waals surface area contributed by atoms with Crippen LogP contribution in [0.4, 0.5) is 0 Å². The second-order valence-corrected chi connectivity index (χ2v) is 6.12. The highest BCUT2D eigenvalue weighted by atomic mass is 16.4. The van der Waals surface area contributed by atoms with Gasteiger partial charge in [-0.15, -0.1) is 0 Å². The molecule has 0 aliphatic carbocycles. The van der Waals surface area contributed by atoms with Crippen LogP contribution >= 0.6 is 0 Å². The lowest BCUT2D eigenvalue weighted by Gasteiger charge is -2.37. The first-order valence-electron chi connectivity index (χ1n) is 7.30. The Morgan fingerprint density at radius 1 is 1.17 bits per heavy atom. The number of nitrogens with zero attached hydrogens (tertiary/aromatic N) is 2. The third kappa shape index (κ3) is 4.25. The fourth-order valence-corrected chi connectivity index (χ4v) is 3.24. The van der Waals surface area contributed by atoms with E-state index in [0.717, 1.165) is 25.4 Å². The largest absolute Gasteiger partial charge is 0.480 e. The maximum Gasteiger partial charge on any atom is 0.317 e. The van der Waals surface area contributed by atoms with Crippen LogP contribution in [0.3, 0.4) is 0 Å². The summed E-state index contributed by atoms with van der Waals surface area (Å²) in [6.07, 6.45) is 5.07. The number of hydrogen-bond acceptors (Lipinski definition) is 3. The van der Waals surface area contributed by atoms with E-state index in [-0.39, 0.29) is 6.54 Å². The number of carboxylic acids is 1. The molecule has 104 valence electrons. The Bertz CT molecular complexity index is 275. The highest BCUT2D eigenvalue weighted by Crippen LogP contribution is 2.21. The summed E-state index contributed by atoms with van der Waals surface area (Å²) in [7, 11) is 0. The molecule has 1 N–H and O–H groups in total. The molecular weight excluding hydrogens is 228 g/mol. The lowest BCUT2D eigenvalue weighted by molar-refractivity contribution is -0.138. The van der Waals surface area contributed by atoms with Crippen molar-refractivity contribution in [1.29, 1.82) is 0 Å². The summed E-state index contributed by atoms with van der Waals surface area (Å²) in [5.74, 6) is 0.866. The van der Waals surface area contributed by atoms with Crippen LogP contribution in [0, 0.1) is 11.8 Å². The quantitative estimate of drug-likeness (QED) is 0.826. The Labute approximate surface area is 110 Å². The lowest BCUT2D eigenvalue weighted by atomic mass is 9.94. The Hall–Kier alpha value is -0.610. The summed E-state index contributed by atoms with van der Waals surface area (Å²) in [5, 5.41) is 8.85. The van der Waals surface area contributed by atoms with E-state index < -0.39 is 5.97 Å². The topological polar surface area (TPSA) is 43.8 Å². The Morgan fingerprint density at radius 3 is 2.56 bits per heavy atom. The van der Waals surface area contributed by atoms with Crippen molar-refractivity contribution in [3.8, 4) is 0 Å². The van der Waals surface area contributed by atoms with Gasteiger partial charge in [-0.3, -0.25) is 9.69 Å². The van der Waals surface area contributed by atoms with Crippen LogP contribution in [0.25, 0.3) is 0 Å². The summed E-state index contributed by atoms with van der Waals surface area (Å²) >= 11 is 0. The summed E-state index contributed by atoms with van der Waals surface area (Å²) < 4.78 is 0. The van der Waals surface area contributed by atoms with Gasteiger partial charge in [-0.25, -0.2) is 0 Å². The molecule has 2 saturated heterocycles. The van der Waals surface area contributed by atoms with Gasteiger partial charge in [-0.2, -0.15) is 0 Å². The third-order valence-corrected chi connectivity index (χ3v) is 4.35. The molecule has 0 bridgehead atoms. The van der Waals surface area contributed by atoms with Gasteiger partial charge in [0.05, 0.1) is 6.54 Å². The van der Waals surface area contributed by atoms with E-state index in [1.165, 1.54) is 38.9 Å². The zero-order valence-electron chi connectivity index (χ0n) is 11.5. The number of carboxylic acid groups (broad SMARTS) is 1. The molecule has 0 amide bonds. The van der Waals surface area contributed by atoms with E-state index in [4.69, 9.17) is 5.11 Å². The van der Waals surface area contributed by atoms with Gasteiger partial charge in [0, 0.05) is 13.1 Å². The molecule has 18 heavy (non-hydrogen) atoms. The van der Waals surface area contributed by atoms with Crippen LogP contribution in [-0.2, 0) is 4.79 Å². The van der Waals surface area contributed by atoms with Crippen LogP contribution in [0.15, 0.2) is 0 Å². The molecule has 2 rings (SSSR count). The van der Waals surface area contributed by atoms with Gasteiger partial charge in [-0.1, -0.05) is 6.92 Å². The van der Waals surface area contributed by atoms with Crippen molar-refractivity contribution in [2.75, 3.05) is 39.3 Å². The van der Waals surface area contributed by atoms with Crippen molar-refractivity contribution in [3.63, 3.8) is 0 Å². The maximum absolute atomic E-state index is 10.7. The summed E-state index contributed by atoms with van der Waals surface area (Å²) in [6.45, 7) is 8.12. The van der Waals surface area contributed by atoms with E-state index >= 15 is 0 Å². The predicted molar refractivity (Wildman–Crippen MR) is 71.6 cm³/mol. The standard InChI is InChI=1S/C14H26N2O2/c1-12-4-7-15(8-5-12)9-13-3-2-6-16(10-13)11-14(17)18/h12-13H,2-11H2,1H3,(H,17,18)/t13-/m0/s1. The monoisotopic (exact) mass is 254 g/mol. The fourth-order valence-electron chi connectivity index (χ4n) is 3.24. The van der Waals surface area contributed by atoms with E-state index in [1.807, 2.05) is 0 Å². The minimum Gasteiger partial charge on any atom is -0.480 e. The van der Waals surface area contributed by atoms with Crippen molar-refractivity contribution >= 4 is 5.97 Å². The van der Waals surface area contributed by atoms with Crippen LogP contribution in [-0.4, -0.2) is 60.1 Å². The molecule has 2 fully saturated rings. The summed E-state index contributed by atoms with van der Waals surface area (Å²) in [5.41, 5.74) is 0. The Kier molecular flexibility index (Phi) is 5.01. The second-order valence-electron chi connectivity index (χ2n) is 6.12. The van der Waals surface area contributed by atoms with E-state index in [0.29, 0.717) is 5.92 Å². The van der Waals surface area contributed by atoms with Crippen molar-refractivity contribution < 1.29 is 9.90 Å². The second kappa shape index (κ2) is 6.53. The number of piperidine rings is 2. The van der Waals surface area contributed by atoms with Crippen molar-refractivity contribution in [1.82, 2.24) is 9.80 Å². The van der Waals surface area contributed by atoms with Crippen molar-refractivity contribution in [2.45, 2.75) is 32.6 Å². The average molecular weight is 254 g/mol. The van der Waals surface area contributed by atoms with Crippen LogP contribution < -0.4 is 0 Å². The zero-order chi connectivity index (χ0) is 13.0. The molecule has 0 radical (unpaired) electrons. The van der Waals surface area contributed by atoms with E-state index in [9.17, 15) is 4.79 Å². The molecular formula is C14H26N2O2. The van der Waals surface area contributed by atoms with Gasteiger partial charge >= 0.3 is 5.97 Å². The smallest absolute Gasteiger partial charge is 0.317 e. The average Bonchev–Trinajstić information content (AvgIpc) is 2.32. The minimum atomic E-state index is -0.692. The lowest BCUT2D eigenvalue weighted by Crippen LogP contribution is -2.44. The number of aliphatic carboxylic acids is 1. The molecule has 0 aromatic carbocycles. The molecule has 1 atom stereocenters. The maximum atomic E-state index is 10.7. The van der Waals surface area contributed by atoms with Gasteiger partial charge in [0.2, 0.25) is 0 Å². The molecule has 0 saturated carbocycles. The molecule has 2 aliphatic rings. The molecule has 0 aromatic rings. The highest BCUT2D eigenvalue weighted by Gasteiger charge is 2.24. The Balaban J connectivity index is 1.73. The van der Waals surface area contributed by atoms with Crippen molar-refractivity contribution in [2.24, 2.45) is 11.8 Å². The van der Waals surface area contributed by atoms with Crippen LogP contribution in [0.1, 0.15) is 32.6 Å². The third-order valence-electron chi connectivity index (χ3n) is 4.35. The fraction of sp³-hybridized carbons (Fsp3) is 0.929. The first-order valence-corrected chi connectivity index (χ1v) is 7.30. The number of hydrogen-bond donors (Lipinski definition) is 1. The summed E-state index contributed by atoms with van der Waals surface area (Å²) in [6, 6.07) is 0.